The minimum absolute atomic E-state index is 0.0228. The Labute approximate surface area is 177 Å². The SMILES string of the molecule is CC(C)C(=O)Nc1ccc(CNC(=O)c2ccccc2COc2ccccc2)cc1. The first-order valence-electron chi connectivity index (χ1n) is 9.96. The molecule has 0 bridgehead atoms. The van der Waals surface area contributed by atoms with E-state index >= 15 is 0 Å². The van der Waals surface area contributed by atoms with Crippen molar-refractivity contribution in [2.75, 3.05) is 5.32 Å². The summed E-state index contributed by atoms with van der Waals surface area (Å²) in [5.74, 6) is 0.511. The molecule has 3 aromatic carbocycles. The number of rotatable bonds is 8. The monoisotopic (exact) mass is 402 g/mol. The molecule has 5 nitrogen and oxygen atoms in total. The molecule has 0 heterocycles. The van der Waals surface area contributed by atoms with E-state index in [1.165, 1.54) is 0 Å². The lowest BCUT2D eigenvalue weighted by Crippen LogP contribution is -2.24. The number of nitrogens with one attached hydrogen (secondary N) is 2. The summed E-state index contributed by atoms with van der Waals surface area (Å²) in [5, 5.41) is 5.80. The predicted molar refractivity (Wildman–Crippen MR) is 118 cm³/mol. The predicted octanol–water partition coefficient (Wildman–Crippen LogP) is 4.79. The van der Waals surface area contributed by atoms with Gasteiger partial charge in [-0.25, -0.2) is 0 Å². The Balaban J connectivity index is 1.58. The highest BCUT2D eigenvalue weighted by Gasteiger charge is 2.12. The number of benzene rings is 3. The second-order valence-electron chi connectivity index (χ2n) is 7.28. The Morgan fingerprint density at radius 3 is 2.23 bits per heavy atom. The molecule has 3 rings (SSSR count). The minimum atomic E-state index is -0.153. The molecule has 5 heteroatoms. The molecule has 0 saturated carbocycles. The lowest BCUT2D eigenvalue weighted by Gasteiger charge is -2.12. The lowest BCUT2D eigenvalue weighted by molar-refractivity contribution is -0.118. The zero-order valence-electron chi connectivity index (χ0n) is 17.2. The Morgan fingerprint density at radius 2 is 1.53 bits per heavy atom. The largest absolute Gasteiger partial charge is 0.489 e. The average Bonchev–Trinajstić information content (AvgIpc) is 2.78. The number of carbonyl (C=O) groups excluding carboxylic acids is 2. The van der Waals surface area contributed by atoms with Crippen molar-refractivity contribution in [3.05, 3.63) is 95.6 Å². The van der Waals surface area contributed by atoms with E-state index in [1.54, 1.807) is 6.07 Å². The summed E-state index contributed by atoms with van der Waals surface area (Å²) in [5.41, 5.74) is 3.11. The Bertz CT molecular complexity index is 983. The number of anilines is 1. The highest BCUT2D eigenvalue weighted by Crippen LogP contribution is 2.15. The van der Waals surface area contributed by atoms with Crippen LogP contribution in [0.1, 0.15) is 35.3 Å². The van der Waals surface area contributed by atoms with E-state index in [1.807, 2.05) is 86.6 Å². The summed E-state index contributed by atoms with van der Waals surface area (Å²) in [4.78, 5) is 24.5. The molecule has 0 radical (unpaired) electrons. The summed E-state index contributed by atoms with van der Waals surface area (Å²) in [6.45, 7) is 4.41. The van der Waals surface area contributed by atoms with Crippen LogP contribution in [0.4, 0.5) is 5.69 Å². The molecule has 154 valence electrons. The van der Waals surface area contributed by atoms with E-state index in [9.17, 15) is 9.59 Å². The summed E-state index contributed by atoms with van der Waals surface area (Å²) < 4.78 is 5.79. The van der Waals surface area contributed by atoms with E-state index < -0.39 is 0 Å². The third-order valence-electron chi connectivity index (χ3n) is 4.60. The summed E-state index contributed by atoms with van der Waals surface area (Å²) in [6.07, 6.45) is 0. The van der Waals surface area contributed by atoms with Crippen LogP contribution in [0.25, 0.3) is 0 Å². The van der Waals surface area contributed by atoms with Crippen molar-refractivity contribution in [3.8, 4) is 5.75 Å². The van der Waals surface area contributed by atoms with Crippen molar-refractivity contribution in [3.63, 3.8) is 0 Å². The summed E-state index contributed by atoms with van der Waals surface area (Å²) in [6, 6.07) is 24.4. The maximum absolute atomic E-state index is 12.7. The van der Waals surface area contributed by atoms with E-state index in [4.69, 9.17) is 4.74 Å². The van der Waals surface area contributed by atoms with Crippen LogP contribution in [0, 0.1) is 5.92 Å². The maximum Gasteiger partial charge on any atom is 0.251 e. The van der Waals surface area contributed by atoms with Gasteiger partial charge in [0.25, 0.3) is 5.91 Å². The summed E-state index contributed by atoms with van der Waals surface area (Å²) >= 11 is 0. The second-order valence-corrected chi connectivity index (χ2v) is 7.28. The van der Waals surface area contributed by atoms with Crippen molar-refractivity contribution >= 4 is 17.5 Å². The van der Waals surface area contributed by atoms with Crippen molar-refractivity contribution in [2.24, 2.45) is 5.92 Å². The first kappa shape index (κ1) is 21.1. The van der Waals surface area contributed by atoms with Gasteiger partial charge in [0, 0.05) is 29.3 Å². The van der Waals surface area contributed by atoms with Gasteiger partial charge in [0.2, 0.25) is 5.91 Å². The molecule has 0 aromatic heterocycles. The maximum atomic E-state index is 12.7. The van der Waals surface area contributed by atoms with Gasteiger partial charge in [-0.05, 0) is 35.9 Å². The van der Waals surface area contributed by atoms with Crippen LogP contribution in [0.2, 0.25) is 0 Å². The second kappa shape index (κ2) is 10.3. The third-order valence-corrected chi connectivity index (χ3v) is 4.60. The van der Waals surface area contributed by atoms with Crippen LogP contribution in [0.5, 0.6) is 5.75 Å². The normalized spacial score (nSPS) is 10.5. The summed E-state index contributed by atoms with van der Waals surface area (Å²) in [7, 11) is 0. The number of hydrogen-bond donors (Lipinski definition) is 2. The van der Waals surface area contributed by atoms with Crippen LogP contribution in [-0.2, 0) is 17.9 Å². The highest BCUT2D eigenvalue weighted by atomic mass is 16.5. The molecule has 0 unspecified atom stereocenters. The van der Waals surface area contributed by atoms with Gasteiger partial charge in [-0.3, -0.25) is 9.59 Å². The van der Waals surface area contributed by atoms with Gasteiger partial charge in [-0.15, -0.1) is 0 Å². The average molecular weight is 402 g/mol. The van der Waals surface area contributed by atoms with Crippen LogP contribution < -0.4 is 15.4 Å². The number of carbonyl (C=O) groups is 2. The molecule has 0 saturated heterocycles. The Hall–Kier alpha value is -3.60. The number of hydrogen-bond acceptors (Lipinski definition) is 3. The van der Waals surface area contributed by atoms with Crippen molar-refractivity contribution in [2.45, 2.75) is 27.0 Å². The standard InChI is InChI=1S/C25H26N2O3/c1-18(2)24(28)27-21-14-12-19(13-15-21)16-26-25(29)23-11-7-6-8-20(23)17-30-22-9-4-3-5-10-22/h3-15,18H,16-17H2,1-2H3,(H,26,29)(H,27,28). The van der Waals surface area contributed by atoms with Crippen LogP contribution in [0.3, 0.4) is 0 Å². The van der Waals surface area contributed by atoms with Gasteiger partial charge < -0.3 is 15.4 Å². The van der Waals surface area contributed by atoms with E-state index in [0.29, 0.717) is 18.7 Å². The molecule has 2 N–H and O–H groups in total. The van der Waals surface area contributed by atoms with E-state index in [0.717, 1.165) is 22.6 Å². The highest BCUT2D eigenvalue weighted by molar-refractivity contribution is 5.95. The zero-order valence-corrected chi connectivity index (χ0v) is 17.2. The number of para-hydroxylation sites is 1. The zero-order chi connectivity index (χ0) is 21.3. The third kappa shape index (κ3) is 5.95. The van der Waals surface area contributed by atoms with Gasteiger partial charge in [-0.1, -0.05) is 62.4 Å². The van der Waals surface area contributed by atoms with Crippen molar-refractivity contribution < 1.29 is 14.3 Å². The smallest absolute Gasteiger partial charge is 0.251 e. The van der Waals surface area contributed by atoms with Crippen molar-refractivity contribution in [1.29, 1.82) is 0 Å². The van der Waals surface area contributed by atoms with Gasteiger partial charge in [0.15, 0.2) is 0 Å². The molecule has 0 atom stereocenters. The molecule has 0 aliphatic heterocycles. The number of ether oxygens (including phenoxy) is 1. The van der Waals surface area contributed by atoms with Gasteiger partial charge >= 0.3 is 0 Å². The molecule has 0 aliphatic carbocycles. The van der Waals surface area contributed by atoms with Gasteiger partial charge in [0.1, 0.15) is 12.4 Å². The fourth-order valence-electron chi connectivity index (χ4n) is 2.82. The fourth-order valence-corrected chi connectivity index (χ4v) is 2.82. The van der Waals surface area contributed by atoms with Crippen molar-refractivity contribution in [1.82, 2.24) is 5.32 Å². The molecular formula is C25H26N2O3. The molecule has 30 heavy (non-hydrogen) atoms. The number of amides is 2. The minimum Gasteiger partial charge on any atom is -0.489 e. The van der Waals surface area contributed by atoms with Crippen LogP contribution in [-0.4, -0.2) is 11.8 Å². The lowest BCUT2D eigenvalue weighted by atomic mass is 10.1. The molecule has 3 aromatic rings. The fraction of sp³-hybridized carbons (Fsp3) is 0.200. The van der Waals surface area contributed by atoms with E-state index in [2.05, 4.69) is 10.6 Å². The van der Waals surface area contributed by atoms with E-state index in [-0.39, 0.29) is 17.7 Å². The quantitative estimate of drug-likeness (QED) is 0.569. The molecule has 0 spiro atoms. The first-order chi connectivity index (χ1) is 14.5. The van der Waals surface area contributed by atoms with Gasteiger partial charge in [-0.2, -0.15) is 0 Å². The van der Waals surface area contributed by atoms with Crippen LogP contribution >= 0.6 is 0 Å². The molecular weight excluding hydrogens is 376 g/mol. The van der Waals surface area contributed by atoms with Crippen LogP contribution in [0.15, 0.2) is 78.9 Å². The molecule has 0 fully saturated rings. The van der Waals surface area contributed by atoms with Gasteiger partial charge in [0.05, 0.1) is 0 Å². The first-order valence-corrected chi connectivity index (χ1v) is 9.96. The molecule has 2 amide bonds. The molecule has 0 aliphatic rings. The Morgan fingerprint density at radius 1 is 0.867 bits per heavy atom. The Kier molecular flexibility index (Phi) is 7.22. The topological polar surface area (TPSA) is 67.4 Å².